The molecule has 6 heteroatoms. The minimum Gasteiger partial charge on any atom is -0.325 e. The lowest BCUT2D eigenvalue weighted by atomic mass is 10.1. The molecule has 2 N–H and O–H groups in total. The first-order chi connectivity index (χ1) is 13.9. The number of aryl methyl sites for hydroxylation is 1. The molecule has 0 radical (unpaired) electrons. The average Bonchev–Trinajstić information content (AvgIpc) is 2.70. The minimum absolute atomic E-state index is 0.0644. The first-order valence-electron chi connectivity index (χ1n) is 9.12. The van der Waals surface area contributed by atoms with Crippen molar-refractivity contribution in [3.63, 3.8) is 0 Å². The van der Waals surface area contributed by atoms with Crippen LogP contribution in [0.3, 0.4) is 0 Å². The number of hydrogen-bond donors (Lipinski definition) is 2. The molecule has 0 aliphatic heterocycles. The van der Waals surface area contributed by atoms with Crippen LogP contribution in [0.2, 0.25) is 0 Å². The van der Waals surface area contributed by atoms with E-state index in [2.05, 4.69) is 33.2 Å². The molecule has 1 unspecified atom stereocenters. The van der Waals surface area contributed by atoms with Crippen molar-refractivity contribution in [3.8, 4) is 0 Å². The summed E-state index contributed by atoms with van der Waals surface area (Å²) >= 11 is 3.68. The lowest BCUT2D eigenvalue weighted by Gasteiger charge is -2.13. The van der Waals surface area contributed by atoms with Gasteiger partial charge in [-0.05, 0) is 91.0 Å². The Labute approximate surface area is 188 Å². The molecule has 0 saturated carbocycles. The summed E-state index contributed by atoms with van der Waals surface area (Å²) in [5.74, 6) is -0.217. The fourth-order valence-corrected chi connectivity index (χ4v) is 3.96. The Morgan fingerprint density at radius 2 is 1.62 bits per heavy atom. The summed E-state index contributed by atoms with van der Waals surface area (Å²) in [6, 6.07) is 22.7. The molecule has 2 amide bonds. The standard InChI is InChI=1S/C23H21IN2O2S/c1-15-5-3-6-17(13-15)23(28)26-20-7-4-8-21(14-20)29-16(2)22(27)25-19-11-9-18(24)10-12-19/h3-14,16H,1-2H3,(H,25,27)(H,26,28). The summed E-state index contributed by atoms with van der Waals surface area (Å²) in [5, 5.41) is 5.57. The lowest BCUT2D eigenvalue weighted by Crippen LogP contribution is -2.22. The van der Waals surface area contributed by atoms with Crippen LogP contribution in [0.15, 0.2) is 77.7 Å². The lowest BCUT2D eigenvalue weighted by molar-refractivity contribution is -0.115. The maximum Gasteiger partial charge on any atom is 0.255 e. The van der Waals surface area contributed by atoms with Crippen molar-refractivity contribution in [2.45, 2.75) is 24.0 Å². The zero-order valence-corrected chi connectivity index (χ0v) is 19.1. The summed E-state index contributed by atoms with van der Waals surface area (Å²) in [6.07, 6.45) is 0. The van der Waals surface area contributed by atoms with Gasteiger partial charge in [0, 0.05) is 25.4 Å². The van der Waals surface area contributed by atoms with Crippen LogP contribution >= 0.6 is 34.4 Å². The second-order valence-corrected chi connectivity index (χ2v) is 9.27. The predicted octanol–water partition coefficient (Wildman–Crippen LogP) is 5.97. The normalized spacial score (nSPS) is 11.6. The van der Waals surface area contributed by atoms with Crippen LogP contribution in [0, 0.1) is 10.5 Å². The topological polar surface area (TPSA) is 58.2 Å². The fourth-order valence-electron chi connectivity index (χ4n) is 2.67. The first-order valence-corrected chi connectivity index (χ1v) is 11.1. The number of hydrogen-bond acceptors (Lipinski definition) is 3. The Morgan fingerprint density at radius 1 is 0.897 bits per heavy atom. The van der Waals surface area contributed by atoms with E-state index in [4.69, 9.17) is 0 Å². The first kappa shape index (κ1) is 21.4. The van der Waals surface area contributed by atoms with Gasteiger partial charge in [0.25, 0.3) is 5.91 Å². The van der Waals surface area contributed by atoms with Gasteiger partial charge in [0.15, 0.2) is 0 Å². The summed E-state index contributed by atoms with van der Waals surface area (Å²) in [5.41, 5.74) is 3.14. The van der Waals surface area contributed by atoms with E-state index in [1.807, 2.05) is 80.6 Å². The molecule has 3 rings (SSSR count). The molecule has 3 aromatic rings. The van der Waals surface area contributed by atoms with Gasteiger partial charge in [-0.2, -0.15) is 0 Å². The largest absolute Gasteiger partial charge is 0.325 e. The number of halogens is 1. The van der Waals surface area contributed by atoms with E-state index in [9.17, 15) is 9.59 Å². The van der Waals surface area contributed by atoms with Crippen LogP contribution in [-0.4, -0.2) is 17.1 Å². The van der Waals surface area contributed by atoms with E-state index < -0.39 is 0 Å². The van der Waals surface area contributed by atoms with Gasteiger partial charge in [-0.1, -0.05) is 23.8 Å². The van der Waals surface area contributed by atoms with E-state index in [0.717, 1.165) is 19.7 Å². The highest BCUT2D eigenvalue weighted by atomic mass is 127. The Morgan fingerprint density at radius 3 is 2.34 bits per heavy atom. The van der Waals surface area contributed by atoms with Gasteiger partial charge in [-0.25, -0.2) is 0 Å². The van der Waals surface area contributed by atoms with Crippen molar-refractivity contribution < 1.29 is 9.59 Å². The third kappa shape index (κ3) is 6.33. The monoisotopic (exact) mass is 516 g/mol. The van der Waals surface area contributed by atoms with Crippen LogP contribution in [0.25, 0.3) is 0 Å². The Hall–Kier alpha value is -2.32. The highest BCUT2D eigenvalue weighted by Crippen LogP contribution is 2.27. The molecule has 29 heavy (non-hydrogen) atoms. The number of amides is 2. The highest BCUT2D eigenvalue weighted by Gasteiger charge is 2.15. The molecule has 0 fully saturated rings. The summed E-state index contributed by atoms with van der Waals surface area (Å²) in [4.78, 5) is 25.8. The molecule has 0 heterocycles. The van der Waals surface area contributed by atoms with E-state index in [1.165, 1.54) is 11.8 Å². The number of thioether (sulfide) groups is 1. The molecular weight excluding hydrogens is 495 g/mol. The van der Waals surface area contributed by atoms with E-state index in [-0.39, 0.29) is 17.1 Å². The van der Waals surface area contributed by atoms with Gasteiger partial charge >= 0.3 is 0 Å². The third-order valence-corrected chi connectivity index (χ3v) is 5.98. The van der Waals surface area contributed by atoms with Crippen molar-refractivity contribution in [2.24, 2.45) is 0 Å². The predicted molar refractivity (Wildman–Crippen MR) is 129 cm³/mol. The van der Waals surface area contributed by atoms with Crippen molar-refractivity contribution in [2.75, 3.05) is 10.6 Å². The number of nitrogens with one attached hydrogen (secondary N) is 2. The van der Waals surface area contributed by atoms with Crippen LogP contribution in [-0.2, 0) is 4.79 Å². The number of anilines is 2. The molecule has 0 spiro atoms. The van der Waals surface area contributed by atoms with Gasteiger partial charge in [-0.15, -0.1) is 11.8 Å². The molecule has 0 aliphatic carbocycles. The van der Waals surface area contributed by atoms with Crippen LogP contribution in [0.4, 0.5) is 11.4 Å². The maximum atomic E-state index is 12.5. The Kier molecular flexibility index (Phi) is 7.33. The van der Waals surface area contributed by atoms with Gasteiger partial charge in [0.1, 0.15) is 0 Å². The smallest absolute Gasteiger partial charge is 0.255 e. The van der Waals surface area contributed by atoms with Crippen molar-refractivity contribution in [3.05, 3.63) is 87.5 Å². The summed E-state index contributed by atoms with van der Waals surface area (Å²) < 4.78 is 1.12. The van der Waals surface area contributed by atoms with Crippen LogP contribution in [0.5, 0.6) is 0 Å². The Bertz CT molecular complexity index is 1020. The second-order valence-electron chi connectivity index (χ2n) is 6.61. The molecule has 148 valence electrons. The Balaban J connectivity index is 1.62. The molecular formula is C23H21IN2O2S. The number of rotatable bonds is 6. The molecule has 0 saturated heterocycles. The zero-order chi connectivity index (χ0) is 20.8. The van der Waals surface area contributed by atoms with E-state index in [1.54, 1.807) is 6.07 Å². The van der Waals surface area contributed by atoms with Crippen LogP contribution < -0.4 is 10.6 Å². The van der Waals surface area contributed by atoms with Gasteiger partial charge in [0.2, 0.25) is 5.91 Å². The second kappa shape index (κ2) is 9.93. The molecule has 3 aromatic carbocycles. The molecule has 0 aromatic heterocycles. The van der Waals surface area contributed by atoms with Crippen molar-refractivity contribution in [1.29, 1.82) is 0 Å². The third-order valence-electron chi connectivity index (χ3n) is 4.17. The van der Waals surface area contributed by atoms with Crippen molar-refractivity contribution in [1.82, 2.24) is 0 Å². The minimum atomic E-state index is -0.281. The zero-order valence-electron chi connectivity index (χ0n) is 16.1. The SMILES string of the molecule is Cc1cccc(C(=O)Nc2cccc(SC(C)C(=O)Nc3ccc(I)cc3)c2)c1. The summed E-state index contributed by atoms with van der Waals surface area (Å²) in [6.45, 7) is 3.82. The number of carbonyl (C=O) groups excluding carboxylic acids is 2. The molecule has 4 nitrogen and oxygen atoms in total. The van der Waals surface area contributed by atoms with Crippen molar-refractivity contribution >= 4 is 57.5 Å². The molecule has 0 aliphatic rings. The molecule has 1 atom stereocenters. The van der Waals surface area contributed by atoms with E-state index in [0.29, 0.717) is 11.3 Å². The average molecular weight is 516 g/mol. The van der Waals surface area contributed by atoms with Crippen LogP contribution in [0.1, 0.15) is 22.8 Å². The highest BCUT2D eigenvalue weighted by molar-refractivity contribution is 14.1. The van der Waals surface area contributed by atoms with E-state index >= 15 is 0 Å². The molecule has 0 bridgehead atoms. The maximum absolute atomic E-state index is 12.5. The van der Waals surface area contributed by atoms with Gasteiger partial charge in [0.05, 0.1) is 5.25 Å². The number of carbonyl (C=O) groups is 2. The fraction of sp³-hybridized carbons (Fsp3) is 0.130. The quantitative estimate of drug-likeness (QED) is 0.314. The van der Waals surface area contributed by atoms with Gasteiger partial charge in [-0.3, -0.25) is 9.59 Å². The summed E-state index contributed by atoms with van der Waals surface area (Å²) in [7, 11) is 0. The van der Waals surface area contributed by atoms with Gasteiger partial charge < -0.3 is 10.6 Å². The number of benzene rings is 3.